The average Bonchev–Trinajstić information content (AvgIpc) is 2.41. The molecule has 0 amide bonds. The van der Waals surface area contributed by atoms with Crippen LogP contribution in [0.4, 0.5) is 0 Å². The number of benzene rings is 1. The van der Waals surface area contributed by atoms with Crippen LogP contribution in [0.15, 0.2) is 24.3 Å². The van der Waals surface area contributed by atoms with Crippen LogP contribution >= 0.6 is 0 Å². The molecule has 0 saturated carbocycles. The molecule has 1 heterocycles. The minimum Gasteiger partial charge on any atom is -0.491 e. The lowest BCUT2D eigenvalue weighted by Gasteiger charge is -2.33. The van der Waals surface area contributed by atoms with E-state index in [0.717, 1.165) is 25.4 Å². The summed E-state index contributed by atoms with van der Waals surface area (Å²) in [7, 11) is 0. The predicted octanol–water partition coefficient (Wildman–Crippen LogP) is 3.03. The molecular formula is C17H28N2O. The highest BCUT2D eigenvalue weighted by Gasteiger charge is 2.21. The highest BCUT2D eigenvalue weighted by Crippen LogP contribution is 2.22. The summed E-state index contributed by atoms with van der Waals surface area (Å²) in [6.45, 7) is 9.60. The molecule has 1 saturated heterocycles. The molecule has 112 valence electrons. The van der Waals surface area contributed by atoms with Gasteiger partial charge in [0.25, 0.3) is 0 Å². The van der Waals surface area contributed by atoms with Crippen LogP contribution in [0, 0.1) is 5.92 Å². The van der Waals surface area contributed by atoms with Gasteiger partial charge >= 0.3 is 0 Å². The summed E-state index contributed by atoms with van der Waals surface area (Å²) < 4.78 is 5.67. The zero-order valence-electron chi connectivity index (χ0n) is 13.0. The fraction of sp³-hybridized carbons (Fsp3) is 0.647. The summed E-state index contributed by atoms with van der Waals surface area (Å²) in [4.78, 5) is 2.52. The van der Waals surface area contributed by atoms with E-state index in [1.54, 1.807) is 0 Å². The monoisotopic (exact) mass is 276 g/mol. The first-order valence-corrected chi connectivity index (χ1v) is 7.78. The Morgan fingerprint density at radius 1 is 1.15 bits per heavy atom. The largest absolute Gasteiger partial charge is 0.491 e. The van der Waals surface area contributed by atoms with E-state index in [1.807, 2.05) is 0 Å². The molecule has 2 rings (SSSR count). The van der Waals surface area contributed by atoms with Crippen LogP contribution in [0.3, 0.4) is 0 Å². The maximum Gasteiger partial charge on any atom is 0.119 e. The fourth-order valence-electron chi connectivity index (χ4n) is 2.84. The van der Waals surface area contributed by atoms with Crippen LogP contribution in [0.2, 0.25) is 0 Å². The lowest BCUT2D eigenvalue weighted by atomic mass is 9.91. The van der Waals surface area contributed by atoms with Gasteiger partial charge in [-0.15, -0.1) is 0 Å². The van der Waals surface area contributed by atoms with E-state index in [2.05, 4.69) is 49.9 Å². The van der Waals surface area contributed by atoms with Crippen LogP contribution in [0.5, 0.6) is 5.75 Å². The third kappa shape index (κ3) is 4.50. The van der Waals surface area contributed by atoms with E-state index in [-0.39, 0.29) is 6.10 Å². The maximum atomic E-state index is 5.99. The van der Waals surface area contributed by atoms with E-state index in [1.165, 1.54) is 18.4 Å². The molecule has 1 aliphatic heterocycles. The Morgan fingerprint density at radius 2 is 1.75 bits per heavy atom. The van der Waals surface area contributed by atoms with E-state index in [4.69, 9.17) is 10.5 Å². The molecule has 1 aromatic carbocycles. The van der Waals surface area contributed by atoms with E-state index in [0.29, 0.717) is 12.0 Å². The lowest BCUT2D eigenvalue weighted by Crippen LogP contribution is -2.39. The van der Waals surface area contributed by atoms with Crippen LogP contribution in [0.1, 0.15) is 39.2 Å². The number of piperidine rings is 1. The molecule has 1 aliphatic rings. The number of rotatable bonds is 5. The number of nitrogens with two attached hydrogens (primary N) is 1. The molecule has 1 aromatic rings. The van der Waals surface area contributed by atoms with Gasteiger partial charge in [0, 0.05) is 12.6 Å². The third-order valence-electron chi connectivity index (χ3n) is 4.08. The molecular weight excluding hydrogens is 248 g/mol. The molecule has 1 atom stereocenters. The first-order chi connectivity index (χ1) is 9.54. The molecule has 0 spiro atoms. The maximum absolute atomic E-state index is 5.99. The minimum absolute atomic E-state index is 0.234. The van der Waals surface area contributed by atoms with Crippen LogP contribution in [-0.4, -0.2) is 30.1 Å². The number of hydrogen-bond donors (Lipinski definition) is 1. The number of nitrogens with zero attached hydrogens (tertiary/aromatic N) is 1. The number of likely N-dealkylation sites (tertiary alicyclic amines) is 1. The van der Waals surface area contributed by atoms with Crippen molar-refractivity contribution in [3.05, 3.63) is 29.8 Å². The first kappa shape index (κ1) is 15.3. The van der Waals surface area contributed by atoms with E-state index < -0.39 is 0 Å². The number of hydrogen-bond acceptors (Lipinski definition) is 3. The molecule has 1 unspecified atom stereocenters. The van der Waals surface area contributed by atoms with Gasteiger partial charge in [-0.25, -0.2) is 0 Å². The van der Waals surface area contributed by atoms with E-state index >= 15 is 0 Å². The second-order valence-electron chi connectivity index (χ2n) is 6.28. The van der Waals surface area contributed by atoms with Crippen molar-refractivity contribution in [2.45, 2.75) is 52.3 Å². The highest BCUT2D eigenvalue weighted by molar-refractivity contribution is 5.27. The van der Waals surface area contributed by atoms with Gasteiger partial charge < -0.3 is 10.5 Å². The predicted molar refractivity (Wildman–Crippen MR) is 83.9 cm³/mol. The zero-order valence-corrected chi connectivity index (χ0v) is 13.0. The van der Waals surface area contributed by atoms with Crippen LogP contribution in [-0.2, 0) is 6.54 Å². The Balaban J connectivity index is 1.82. The summed E-state index contributed by atoms with van der Waals surface area (Å²) >= 11 is 0. The molecule has 3 heteroatoms. The Morgan fingerprint density at radius 3 is 2.25 bits per heavy atom. The SMILES string of the molecule is CC(C)Oc1ccc(CN2CCC(C(C)N)CC2)cc1. The lowest BCUT2D eigenvalue weighted by molar-refractivity contribution is 0.165. The van der Waals surface area contributed by atoms with Gasteiger partial charge in [-0.3, -0.25) is 4.90 Å². The molecule has 0 aliphatic carbocycles. The van der Waals surface area contributed by atoms with Crippen molar-refractivity contribution in [3.63, 3.8) is 0 Å². The van der Waals surface area contributed by atoms with Crippen molar-refractivity contribution in [2.24, 2.45) is 11.7 Å². The first-order valence-electron chi connectivity index (χ1n) is 7.78. The summed E-state index contributed by atoms with van der Waals surface area (Å²) in [5, 5.41) is 0. The van der Waals surface area contributed by atoms with Gasteiger partial charge in [-0.2, -0.15) is 0 Å². The van der Waals surface area contributed by atoms with Crippen molar-refractivity contribution in [1.82, 2.24) is 4.90 Å². The second kappa shape index (κ2) is 7.09. The average molecular weight is 276 g/mol. The summed E-state index contributed by atoms with van der Waals surface area (Å²) in [6.07, 6.45) is 2.69. The van der Waals surface area contributed by atoms with Crippen LogP contribution in [0.25, 0.3) is 0 Å². The Kier molecular flexibility index (Phi) is 5.44. The second-order valence-corrected chi connectivity index (χ2v) is 6.28. The smallest absolute Gasteiger partial charge is 0.119 e. The van der Waals surface area contributed by atoms with E-state index in [9.17, 15) is 0 Å². The molecule has 0 radical (unpaired) electrons. The van der Waals surface area contributed by atoms with Crippen molar-refractivity contribution in [3.8, 4) is 5.75 Å². The van der Waals surface area contributed by atoms with Crippen molar-refractivity contribution >= 4 is 0 Å². The van der Waals surface area contributed by atoms with Crippen LogP contribution < -0.4 is 10.5 Å². The standard InChI is InChI=1S/C17H28N2O/c1-13(2)20-17-6-4-15(5-7-17)12-19-10-8-16(9-11-19)14(3)18/h4-7,13-14,16H,8-12,18H2,1-3H3. The molecule has 3 nitrogen and oxygen atoms in total. The normalized spacial score (nSPS) is 19.2. The molecule has 20 heavy (non-hydrogen) atoms. The molecule has 0 aromatic heterocycles. The van der Waals surface area contributed by atoms with Gasteiger partial charge in [0.2, 0.25) is 0 Å². The quantitative estimate of drug-likeness (QED) is 0.898. The topological polar surface area (TPSA) is 38.5 Å². The summed E-state index contributed by atoms with van der Waals surface area (Å²) in [5.41, 5.74) is 7.35. The highest BCUT2D eigenvalue weighted by atomic mass is 16.5. The Bertz CT molecular complexity index is 392. The fourth-order valence-corrected chi connectivity index (χ4v) is 2.84. The van der Waals surface area contributed by atoms with Gasteiger partial charge in [-0.05, 0) is 70.3 Å². The zero-order chi connectivity index (χ0) is 14.5. The third-order valence-corrected chi connectivity index (χ3v) is 4.08. The minimum atomic E-state index is 0.234. The summed E-state index contributed by atoms with van der Waals surface area (Å²) in [5.74, 6) is 1.66. The van der Waals surface area contributed by atoms with Gasteiger partial charge in [0.1, 0.15) is 5.75 Å². The molecule has 2 N–H and O–H groups in total. The van der Waals surface area contributed by atoms with Crippen molar-refractivity contribution in [1.29, 1.82) is 0 Å². The Hall–Kier alpha value is -1.06. The summed E-state index contributed by atoms with van der Waals surface area (Å²) in [6, 6.07) is 8.84. The van der Waals surface area contributed by atoms with Crippen molar-refractivity contribution in [2.75, 3.05) is 13.1 Å². The Labute approximate surface area is 123 Å². The van der Waals surface area contributed by atoms with Crippen molar-refractivity contribution < 1.29 is 4.74 Å². The number of ether oxygens (including phenoxy) is 1. The molecule has 1 fully saturated rings. The van der Waals surface area contributed by atoms with Gasteiger partial charge in [0.05, 0.1) is 6.10 Å². The molecule has 0 bridgehead atoms. The van der Waals surface area contributed by atoms with Gasteiger partial charge in [-0.1, -0.05) is 12.1 Å². The van der Waals surface area contributed by atoms with Gasteiger partial charge in [0.15, 0.2) is 0 Å².